The van der Waals surface area contributed by atoms with Gasteiger partial charge in [0, 0.05) is 5.56 Å². The van der Waals surface area contributed by atoms with Gasteiger partial charge in [0.25, 0.3) is 5.22 Å². The lowest BCUT2D eigenvalue weighted by atomic mass is 9.87. The van der Waals surface area contributed by atoms with Gasteiger partial charge in [-0.05, 0) is 53.8 Å². The van der Waals surface area contributed by atoms with Crippen molar-refractivity contribution >= 4 is 11.8 Å². The smallest absolute Gasteiger partial charge is 0.278 e. The number of aromatic nitrogens is 2. The highest BCUT2D eigenvalue weighted by Gasteiger charge is 2.17. The van der Waals surface area contributed by atoms with E-state index in [9.17, 15) is 5.26 Å². The van der Waals surface area contributed by atoms with E-state index in [0.717, 1.165) is 11.1 Å². The maximum Gasteiger partial charge on any atom is 0.278 e. The van der Waals surface area contributed by atoms with Gasteiger partial charge in [0.2, 0.25) is 5.89 Å². The zero-order valence-corrected chi connectivity index (χ0v) is 16.9. The van der Waals surface area contributed by atoms with Gasteiger partial charge in [-0.3, -0.25) is 0 Å². The van der Waals surface area contributed by atoms with Crippen LogP contribution in [0.3, 0.4) is 0 Å². The second-order valence-electron chi connectivity index (χ2n) is 7.63. The van der Waals surface area contributed by atoms with E-state index in [0.29, 0.717) is 17.5 Å². The van der Waals surface area contributed by atoms with Gasteiger partial charge in [0.05, 0.1) is 6.07 Å². The Bertz CT molecular complexity index is 931. The molecule has 3 rings (SSSR count). The number of benzene rings is 2. The van der Waals surface area contributed by atoms with Crippen LogP contribution in [0.1, 0.15) is 37.5 Å². The fraction of sp³-hybridized carbons (Fsp3) is 0.318. The molecule has 0 saturated carbocycles. The van der Waals surface area contributed by atoms with Gasteiger partial charge in [-0.15, -0.1) is 10.2 Å². The number of nitriles is 1. The molecule has 4 nitrogen and oxygen atoms in total. The summed E-state index contributed by atoms with van der Waals surface area (Å²) in [5.74, 6) is 0.477. The minimum absolute atomic E-state index is 0.102. The van der Waals surface area contributed by atoms with Gasteiger partial charge in [-0.2, -0.15) is 5.26 Å². The fourth-order valence-corrected chi connectivity index (χ4v) is 3.45. The third kappa shape index (κ3) is 4.99. The molecule has 138 valence electrons. The lowest BCUT2D eigenvalue weighted by Crippen LogP contribution is -2.10. The summed E-state index contributed by atoms with van der Waals surface area (Å²) in [6.07, 6.45) is 0.638. The van der Waals surface area contributed by atoms with E-state index in [1.54, 1.807) is 0 Å². The Morgan fingerprint density at radius 3 is 2.30 bits per heavy atom. The van der Waals surface area contributed by atoms with Crippen LogP contribution < -0.4 is 0 Å². The summed E-state index contributed by atoms with van der Waals surface area (Å²) in [6.45, 7) is 8.59. The van der Waals surface area contributed by atoms with Gasteiger partial charge < -0.3 is 4.42 Å². The van der Waals surface area contributed by atoms with Crippen molar-refractivity contribution in [2.75, 3.05) is 0 Å². The van der Waals surface area contributed by atoms with Crippen molar-refractivity contribution in [3.8, 4) is 17.5 Å². The largest absolute Gasteiger partial charge is 0.411 e. The molecule has 0 amide bonds. The lowest BCUT2D eigenvalue weighted by molar-refractivity contribution is 0.465. The lowest BCUT2D eigenvalue weighted by Gasteiger charge is -2.18. The van der Waals surface area contributed by atoms with Crippen LogP contribution in [0.15, 0.2) is 58.2 Å². The quantitative estimate of drug-likeness (QED) is 0.544. The molecule has 0 aliphatic heterocycles. The number of rotatable bonds is 5. The molecule has 0 aliphatic rings. The molecule has 0 fully saturated rings. The van der Waals surface area contributed by atoms with Crippen molar-refractivity contribution < 1.29 is 4.42 Å². The van der Waals surface area contributed by atoms with E-state index in [1.807, 2.05) is 19.1 Å². The van der Waals surface area contributed by atoms with E-state index >= 15 is 0 Å². The average Bonchev–Trinajstić information content (AvgIpc) is 3.11. The number of thioether (sulfide) groups is 1. The van der Waals surface area contributed by atoms with Gasteiger partial charge in [-0.1, -0.05) is 62.7 Å². The van der Waals surface area contributed by atoms with Crippen LogP contribution in [0.4, 0.5) is 0 Å². The van der Waals surface area contributed by atoms with Crippen molar-refractivity contribution in [1.82, 2.24) is 10.2 Å². The molecule has 0 radical (unpaired) electrons. The van der Waals surface area contributed by atoms with Crippen molar-refractivity contribution in [1.29, 1.82) is 5.26 Å². The molecule has 5 heteroatoms. The first-order valence-corrected chi connectivity index (χ1v) is 9.79. The summed E-state index contributed by atoms with van der Waals surface area (Å²) in [5.41, 5.74) is 4.57. The first kappa shape index (κ1) is 19.2. The number of nitrogens with zero attached hydrogens (tertiary/aromatic N) is 3. The first-order chi connectivity index (χ1) is 12.8. The maximum absolute atomic E-state index is 9.47. The second-order valence-corrected chi connectivity index (χ2v) is 8.78. The molecule has 0 bridgehead atoms. The van der Waals surface area contributed by atoms with Gasteiger partial charge >= 0.3 is 0 Å². The van der Waals surface area contributed by atoms with Gasteiger partial charge in [0.15, 0.2) is 0 Å². The Kier molecular flexibility index (Phi) is 5.67. The summed E-state index contributed by atoms with van der Waals surface area (Å²) in [5, 5.41) is 17.9. The average molecular weight is 378 g/mol. The number of aryl methyl sites for hydroxylation is 1. The van der Waals surface area contributed by atoms with Crippen LogP contribution in [-0.4, -0.2) is 15.4 Å². The summed E-state index contributed by atoms with van der Waals surface area (Å²) >= 11 is 1.31. The second kappa shape index (κ2) is 7.98. The Balaban J connectivity index is 1.69. The topological polar surface area (TPSA) is 62.7 Å². The highest BCUT2D eigenvalue weighted by Crippen LogP contribution is 2.29. The molecular weight excluding hydrogens is 354 g/mol. The third-order valence-electron chi connectivity index (χ3n) is 4.33. The molecule has 1 atom stereocenters. The Morgan fingerprint density at radius 1 is 1.04 bits per heavy atom. The van der Waals surface area contributed by atoms with Crippen LogP contribution in [0.5, 0.6) is 0 Å². The summed E-state index contributed by atoms with van der Waals surface area (Å²) < 4.78 is 5.77. The van der Waals surface area contributed by atoms with Crippen LogP contribution >= 0.6 is 11.8 Å². The summed E-state index contributed by atoms with van der Waals surface area (Å²) in [4.78, 5) is 0. The van der Waals surface area contributed by atoms with E-state index in [4.69, 9.17) is 4.42 Å². The van der Waals surface area contributed by atoms with Crippen molar-refractivity contribution in [2.45, 2.75) is 50.0 Å². The first-order valence-electron chi connectivity index (χ1n) is 8.91. The molecule has 1 unspecified atom stereocenters. The van der Waals surface area contributed by atoms with E-state index < -0.39 is 0 Å². The predicted octanol–water partition coefficient (Wildman–Crippen LogP) is 5.57. The van der Waals surface area contributed by atoms with E-state index in [2.05, 4.69) is 73.4 Å². The van der Waals surface area contributed by atoms with E-state index in [-0.39, 0.29) is 10.7 Å². The Labute approximate surface area is 164 Å². The van der Waals surface area contributed by atoms with Crippen molar-refractivity contribution in [3.05, 3.63) is 65.2 Å². The highest BCUT2D eigenvalue weighted by atomic mass is 32.2. The molecule has 1 heterocycles. The number of hydrogen-bond donors (Lipinski definition) is 0. The molecule has 3 aromatic rings. The molecule has 2 aromatic carbocycles. The van der Waals surface area contributed by atoms with Crippen LogP contribution in [0.2, 0.25) is 0 Å². The van der Waals surface area contributed by atoms with Crippen LogP contribution in [0.25, 0.3) is 11.5 Å². The number of hydrogen-bond acceptors (Lipinski definition) is 5. The zero-order chi connectivity index (χ0) is 19.4. The monoisotopic (exact) mass is 377 g/mol. The molecule has 0 saturated heterocycles. The standard InChI is InChI=1S/C22H23N3OS/c1-15-5-7-16(8-6-15)13-19(14-23)27-21-25-24-20(26-21)17-9-11-18(12-10-17)22(2,3)4/h5-12,19H,13H2,1-4H3. The normalized spacial score (nSPS) is 12.6. The third-order valence-corrected chi connectivity index (χ3v) is 5.26. The Hall–Kier alpha value is -2.58. The minimum atomic E-state index is -0.274. The molecule has 0 aliphatic carbocycles. The van der Waals surface area contributed by atoms with Gasteiger partial charge in [0.1, 0.15) is 5.25 Å². The van der Waals surface area contributed by atoms with Crippen molar-refractivity contribution in [2.24, 2.45) is 0 Å². The predicted molar refractivity (Wildman–Crippen MR) is 109 cm³/mol. The van der Waals surface area contributed by atoms with Crippen LogP contribution in [-0.2, 0) is 11.8 Å². The maximum atomic E-state index is 9.47. The molecule has 1 aromatic heterocycles. The molecule has 27 heavy (non-hydrogen) atoms. The minimum Gasteiger partial charge on any atom is -0.411 e. The van der Waals surface area contributed by atoms with E-state index in [1.165, 1.54) is 22.9 Å². The molecule has 0 spiro atoms. The van der Waals surface area contributed by atoms with Crippen LogP contribution in [0, 0.1) is 18.3 Å². The fourth-order valence-electron chi connectivity index (χ4n) is 2.66. The van der Waals surface area contributed by atoms with Crippen molar-refractivity contribution in [3.63, 3.8) is 0 Å². The highest BCUT2D eigenvalue weighted by molar-refractivity contribution is 7.99. The summed E-state index contributed by atoms with van der Waals surface area (Å²) in [7, 11) is 0. The Morgan fingerprint density at radius 2 is 1.70 bits per heavy atom. The molecule has 0 N–H and O–H groups in total. The SMILES string of the molecule is Cc1ccc(CC(C#N)Sc2nnc(-c3ccc(C(C)(C)C)cc3)o2)cc1. The molecular formula is C22H23N3OS. The zero-order valence-electron chi connectivity index (χ0n) is 16.1. The van der Waals surface area contributed by atoms with Gasteiger partial charge in [-0.25, -0.2) is 0 Å². The summed E-state index contributed by atoms with van der Waals surface area (Å²) in [6, 6.07) is 18.7.